The van der Waals surface area contributed by atoms with E-state index in [1.54, 1.807) is 20.8 Å². The Bertz CT molecular complexity index is 1240. The van der Waals surface area contributed by atoms with Crippen molar-refractivity contribution >= 4 is 31.6 Å². The van der Waals surface area contributed by atoms with Gasteiger partial charge in [-0.05, 0) is 46.5 Å². The lowest BCUT2D eigenvalue weighted by atomic mass is 10.1. The van der Waals surface area contributed by atoms with Gasteiger partial charge in [0, 0.05) is 25.8 Å². The first-order valence-corrected chi connectivity index (χ1v) is 27.4. The second-order valence-electron chi connectivity index (χ2n) is 18.6. The number of amides is 2. The highest BCUT2D eigenvalue weighted by molar-refractivity contribution is 7.48. The summed E-state index contributed by atoms with van der Waals surface area (Å²) in [4.78, 5) is 50.4. The molecule has 0 saturated heterocycles. The molecule has 0 bridgehead atoms. The predicted molar refractivity (Wildman–Crippen MR) is 263 cm³/mol. The zero-order valence-corrected chi connectivity index (χ0v) is 43.2. The Morgan fingerprint density at radius 3 is 1.62 bits per heavy atom. The van der Waals surface area contributed by atoms with Gasteiger partial charge < -0.3 is 24.8 Å². The van der Waals surface area contributed by atoms with E-state index >= 15 is 0 Å². The number of nitrogens with one attached hydrogen (secondary N) is 2. The molecule has 382 valence electrons. The number of hydrogen-bond donors (Lipinski definition) is 2. The Balaban J connectivity index is 5.39. The van der Waals surface area contributed by atoms with Gasteiger partial charge in [-0.15, -0.1) is 6.58 Å². The molecule has 2 amide bonds. The summed E-state index contributed by atoms with van der Waals surface area (Å²) >= 11 is 0. The highest BCUT2D eigenvalue weighted by atomic mass is 31.2. The number of unbranched alkanes of at least 4 members (excludes halogenated alkanes) is 22. The van der Waals surface area contributed by atoms with Crippen LogP contribution in [0.3, 0.4) is 0 Å². The third-order valence-corrected chi connectivity index (χ3v) is 12.3. The maximum atomic E-state index is 13.7. The lowest BCUT2D eigenvalue weighted by Gasteiger charge is -2.23. The number of rotatable bonds is 47. The zero-order valence-electron chi connectivity index (χ0n) is 42.3. The third-order valence-electron chi connectivity index (χ3n) is 10.9. The van der Waals surface area contributed by atoms with Crippen molar-refractivity contribution < 1.29 is 51.5 Å². The molecule has 0 aromatic carbocycles. The molecular formula is C51H97N2O11P. The van der Waals surface area contributed by atoms with Crippen LogP contribution in [0.5, 0.6) is 0 Å². The van der Waals surface area contributed by atoms with Gasteiger partial charge in [0.25, 0.3) is 0 Å². The van der Waals surface area contributed by atoms with Crippen molar-refractivity contribution in [3.8, 4) is 0 Å². The molecule has 0 aromatic rings. The van der Waals surface area contributed by atoms with Crippen LogP contribution in [-0.4, -0.2) is 81.1 Å². The minimum absolute atomic E-state index is 0.0573. The highest BCUT2D eigenvalue weighted by Crippen LogP contribution is 2.49. The van der Waals surface area contributed by atoms with Crippen molar-refractivity contribution in [1.82, 2.24) is 10.6 Å². The number of esters is 2. The fourth-order valence-electron chi connectivity index (χ4n) is 7.24. The summed E-state index contributed by atoms with van der Waals surface area (Å²) in [5, 5.41) is 5.54. The number of carbonyl (C=O) groups is 4. The standard InChI is InChI=1S/C51H97N2O11P/c1-8-12-15-18-20-22-23-25-26-29-32-35-47(54)53-45(44-62-65(58,60-39-11-4)61-41-38-52-48(55)42-50(57)64-51(5,6)7)43-59-40-37-46(34-31-28-17-14-10-3)63-49(56)36-33-30-27-24-21-19-16-13-9-2/h11,45-46H,4,8-10,12-44H2,1-3,5-7H3,(H,52,55)(H,53,54). The summed E-state index contributed by atoms with van der Waals surface area (Å²) in [6.07, 6.45) is 31.9. The Morgan fingerprint density at radius 1 is 0.585 bits per heavy atom. The normalized spacial score (nSPS) is 13.4. The molecule has 3 atom stereocenters. The fraction of sp³-hybridized carbons (Fsp3) is 0.882. The summed E-state index contributed by atoms with van der Waals surface area (Å²) in [5.74, 6) is -1.56. The van der Waals surface area contributed by atoms with Gasteiger partial charge in [-0.3, -0.25) is 32.7 Å². The number of phosphoric ester groups is 1. The van der Waals surface area contributed by atoms with Crippen LogP contribution in [0.4, 0.5) is 0 Å². The van der Waals surface area contributed by atoms with Crippen molar-refractivity contribution in [3.63, 3.8) is 0 Å². The molecule has 65 heavy (non-hydrogen) atoms. The molecule has 0 rings (SSSR count). The number of carbonyl (C=O) groups excluding carboxylic acids is 4. The minimum atomic E-state index is -4.19. The van der Waals surface area contributed by atoms with Crippen molar-refractivity contribution in [3.05, 3.63) is 12.7 Å². The first-order valence-electron chi connectivity index (χ1n) is 26.0. The molecule has 0 spiro atoms. The van der Waals surface area contributed by atoms with Gasteiger partial charge in [0.2, 0.25) is 11.8 Å². The van der Waals surface area contributed by atoms with Crippen molar-refractivity contribution in [2.75, 3.05) is 39.6 Å². The average Bonchev–Trinajstić information content (AvgIpc) is 3.25. The summed E-state index contributed by atoms with van der Waals surface area (Å²) in [5.41, 5.74) is -0.723. The molecule has 0 heterocycles. The van der Waals surface area contributed by atoms with Gasteiger partial charge in [-0.2, -0.15) is 0 Å². The molecule has 13 nitrogen and oxygen atoms in total. The van der Waals surface area contributed by atoms with Crippen molar-refractivity contribution in [2.24, 2.45) is 0 Å². The molecule has 0 saturated carbocycles. The van der Waals surface area contributed by atoms with E-state index in [1.807, 2.05) is 0 Å². The summed E-state index contributed by atoms with van der Waals surface area (Å²) in [6, 6.07) is -0.685. The monoisotopic (exact) mass is 945 g/mol. The summed E-state index contributed by atoms with van der Waals surface area (Å²) in [7, 11) is -4.19. The van der Waals surface area contributed by atoms with E-state index in [1.165, 1.54) is 102 Å². The van der Waals surface area contributed by atoms with E-state index in [0.29, 0.717) is 25.9 Å². The Kier molecular flexibility index (Phi) is 41.5. The highest BCUT2D eigenvalue weighted by Gasteiger charge is 2.29. The van der Waals surface area contributed by atoms with Gasteiger partial charge in [0.05, 0.1) is 39.1 Å². The van der Waals surface area contributed by atoms with Crippen LogP contribution in [-0.2, 0) is 51.5 Å². The second kappa shape index (κ2) is 43.0. The Hall–Kier alpha value is -2.31. The molecule has 0 aliphatic rings. The summed E-state index contributed by atoms with van der Waals surface area (Å²) < 4.78 is 47.7. The second-order valence-corrected chi connectivity index (χ2v) is 20.2. The van der Waals surface area contributed by atoms with Gasteiger partial charge >= 0.3 is 19.8 Å². The van der Waals surface area contributed by atoms with E-state index in [-0.39, 0.29) is 51.0 Å². The molecule has 3 unspecified atom stereocenters. The van der Waals surface area contributed by atoms with Crippen LogP contribution in [0.2, 0.25) is 0 Å². The first kappa shape index (κ1) is 62.7. The van der Waals surface area contributed by atoms with Crippen molar-refractivity contribution in [2.45, 2.75) is 252 Å². The van der Waals surface area contributed by atoms with E-state index in [4.69, 9.17) is 27.8 Å². The average molecular weight is 945 g/mol. The minimum Gasteiger partial charge on any atom is -0.462 e. The first-order chi connectivity index (χ1) is 31.3. The number of hydrogen-bond acceptors (Lipinski definition) is 11. The summed E-state index contributed by atoms with van der Waals surface area (Å²) in [6.45, 7) is 15.1. The maximum absolute atomic E-state index is 13.7. The van der Waals surface area contributed by atoms with Crippen LogP contribution in [0.15, 0.2) is 12.7 Å². The van der Waals surface area contributed by atoms with Gasteiger partial charge in [-0.1, -0.05) is 168 Å². The quantitative estimate of drug-likeness (QED) is 0.0196. The van der Waals surface area contributed by atoms with Gasteiger partial charge in [-0.25, -0.2) is 4.57 Å². The predicted octanol–water partition coefficient (Wildman–Crippen LogP) is 13.0. The smallest absolute Gasteiger partial charge is 0.462 e. The van der Waals surface area contributed by atoms with E-state index in [0.717, 1.165) is 70.6 Å². The van der Waals surface area contributed by atoms with Gasteiger partial charge in [0.15, 0.2) is 0 Å². The van der Waals surface area contributed by atoms with E-state index < -0.39 is 37.8 Å². The largest absolute Gasteiger partial charge is 0.475 e. The van der Waals surface area contributed by atoms with Crippen LogP contribution >= 0.6 is 7.82 Å². The molecule has 2 N–H and O–H groups in total. The number of ether oxygens (including phenoxy) is 3. The molecular weight excluding hydrogens is 848 g/mol. The van der Waals surface area contributed by atoms with Crippen LogP contribution in [0.25, 0.3) is 0 Å². The van der Waals surface area contributed by atoms with Crippen molar-refractivity contribution in [1.29, 1.82) is 0 Å². The van der Waals surface area contributed by atoms with Gasteiger partial charge in [0.1, 0.15) is 18.1 Å². The third kappa shape index (κ3) is 42.8. The fourth-order valence-corrected chi connectivity index (χ4v) is 8.43. The molecule has 0 radical (unpaired) electrons. The van der Waals surface area contributed by atoms with Crippen LogP contribution in [0.1, 0.15) is 234 Å². The molecule has 0 aliphatic heterocycles. The lowest BCUT2D eigenvalue weighted by Crippen LogP contribution is -2.41. The van der Waals surface area contributed by atoms with E-state index in [9.17, 15) is 23.7 Å². The Labute approximate surface area is 396 Å². The zero-order chi connectivity index (χ0) is 48.3. The molecule has 0 fully saturated rings. The molecule has 14 heteroatoms. The Morgan fingerprint density at radius 2 is 1.09 bits per heavy atom. The topological polar surface area (TPSA) is 165 Å². The van der Waals surface area contributed by atoms with Crippen LogP contribution in [0, 0.1) is 0 Å². The van der Waals surface area contributed by atoms with Crippen LogP contribution < -0.4 is 10.6 Å². The lowest BCUT2D eigenvalue weighted by molar-refractivity contribution is -0.156. The molecule has 0 aliphatic carbocycles. The number of phosphoric acid groups is 1. The SMILES string of the molecule is C=CCOP(=O)(OCCNC(=O)CC(=O)OC(C)(C)C)OCC(COCCC(CCCCCCC)OC(=O)CCCCCCCCCCC)NC(=O)CCCCCCCCCCCCC. The maximum Gasteiger partial charge on any atom is 0.475 e. The van der Waals surface area contributed by atoms with E-state index in [2.05, 4.69) is 38.0 Å². The molecule has 0 aromatic heterocycles.